The van der Waals surface area contributed by atoms with Crippen LogP contribution in [0.25, 0.3) is 33.5 Å². The lowest BCUT2D eigenvalue weighted by molar-refractivity contribution is -0.140. The first-order valence-electron chi connectivity index (χ1n) is 13.3. The Morgan fingerprint density at radius 3 is 2.32 bits per heavy atom. The number of rotatable bonds is 6. The lowest BCUT2D eigenvalue weighted by Crippen LogP contribution is -2.37. The summed E-state index contributed by atoms with van der Waals surface area (Å²) in [4.78, 5) is 20.0. The molecule has 1 N–H and O–H groups in total. The molecular weight excluding hydrogens is 551 g/mol. The minimum Gasteiger partial charge on any atom is -0.369 e. The Morgan fingerprint density at radius 2 is 1.61 bits per heavy atom. The molecule has 1 fully saturated rings. The van der Waals surface area contributed by atoms with E-state index in [1.807, 2.05) is 65.6 Å². The van der Waals surface area contributed by atoms with E-state index in [2.05, 4.69) is 15.3 Å². The molecule has 5 aromatic rings. The van der Waals surface area contributed by atoms with Crippen LogP contribution in [0.1, 0.15) is 18.5 Å². The quantitative estimate of drug-likeness (QED) is 0.232. The van der Waals surface area contributed by atoms with Gasteiger partial charge in [0.05, 0.1) is 5.39 Å². The zero-order valence-electron chi connectivity index (χ0n) is 22.2. The van der Waals surface area contributed by atoms with Gasteiger partial charge in [0.1, 0.15) is 5.82 Å². The number of piperidine rings is 1. The summed E-state index contributed by atoms with van der Waals surface area (Å²) in [5.41, 5.74) is 2.38. The lowest BCUT2D eigenvalue weighted by atomic mass is 9.97. The third-order valence-electron chi connectivity index (χ3n) is 7.40. The van der Waals surface area contributed by atoms with E-state index in [9.17, 15) is 13.2 Å². The number of anilines is 2. The standard InChI is InChI=1S/C30H27ClF3N7/c1-40-18-25(30(32,33)34)37-29(40)41-15-12-19(13-16-41)17-36-27-23-10-6-14-35-26(23)38-28(39-27)22-9-3-2-7-20(22)21-8-4-5-11-24(21)31/h2-11,14,18-19H,12-13,15-17H2,1H3,(H,35,36,38,39). The molecule has 11 heteroatoms. The van der Waals surface area contributed by atoms with Gasteiger partial charge in [-0.1, -0.05) is 54.1 Å². The molecule has 210 valence electrons. The molecule has 0 amide bonds. The summed E-state index contributed by atoms with van der Waals surface area (Å²) in [7, 11) is 1.60. The average molecular weight is 578 g/mol. The molecule has 0 aliphatic carbocycles. The summed E-state index contributed by atoms with van der Waals surface area (Å²) in [6.45, 7) is 1.91. The first-order valence-corrected chi connectivity index (χ1v) is 13.7. The first kappa shape index (κ1) is 27.0. The van der Waals surface area contributed by atoms with Gasteiger partial charge in [-0.2, -0.15) is 13.2 Å². The van der Waals surface area contributed by atoms with Crippen molar-refractivity contribution in [2.45, 2.75) is 19.0 Å². The Balaban J connectivity index is 1.22. The second kappa shape index (κ2) is 11.0. The van der Waals surface area contributed by atoms with Gasteiger partial charge in [0.15, 0.2) is 17.2 Å². The molecule has 0 saturated carbocycles. The molecule has 4 heterocycles. The molecule has 0 bridgehead atoms. The maximum absolute atomic E-state index is 13.1. The van der Waals surface area contributed by atoms with Gasteiger partial charge in [0.2, 0.25) is 5.95 Å². The predicted molar refractivity (Wildman–Crippen MR) is 155 cm³/mol. The summed E-state index contributed by atoms with van der Waals surface area (Å²) in [5.74, 6) is 1.89. The molecule has 41 heavy (non-hydrogen) atoms. The molecule has 1 aliphatic heterocycles. The van der Waals surface area contributed by atoms with E-state index in [-0.39, 0.29) is 0 Å². The van der Waals surface area contributed by atoms with E-state index in [4.69, 9.17) is 21.6 Å². The fraction of sp³-hybridized carbons (Fsp3) is 0.267. The normalized spacial score (nSPS) is 14.5. The van der Waals surface area contributed by atoms with Crippen molar-refractivity contribution < 1.29 is 13.2 Å². The van der Waals surface area contributed by atoms with Gasteiger partial charge in [-0.15, -0.1) is 0 Å². The maximum Gasteiger partial charge on any atom is 0.434 e. The summed E-state index contributed by atoms with van der Waals surface area (Å²) < 4.78 is 40.8. The number of pyridine rings is 1. The van der Waals surface area contributed by atoms with Crippen molar-refractivity contribution in [3.05, 3.63) is 83.8 Å². The van der Waals surface area contributed by atoms with Gasteiger partial charge < -0.3 is 14.8 Å². The van der Waals surface area contributed by atoms with Gasteiger partial charge in [-0.25, -0.2) is 19.9 Å². The van der Waals surface area contributed by atoms with Crippen molar-refractivity contribution in [2.75, 3.05) is 29.9 Å². The molecule has 7 nitrogen and oxygen atoms in total. The highest BCUT2D eigenvalue weighted by molar-refractivity contribution is 6.33. The van der Waals surface area contributed by atoms with E-state index >= 15 is 0 Å². The Bertz CT molecular complexity index is 1690. The van der Waals surface area contributed by atoms with E-state index in [1.54, 1.807) is 13.2 Å². The highest BCUT2D eigenvalue weighted by Gasteiger charge is 2.35. The Morgan fingerprint density at radius 1 is 0.902 bits per heavy atom. The number of fused-ring (bicyclic) bond motifs is 1. The van der Waals surface area contributed by atoms with Gasteiger partial charge in [0.25, 0.3) is 0 Å². The molecule has 2 aromatic carbocycles. The molecular formula is C30H27ClF3N7. The fourth-order valence-corrected chi connectivity index (χ4v) is 5.51. The molecule has 0 atom stereocenters. The van der Waals surface area contributed by atoms with Crippen LogP contribution in [0.2, 0.25) is 5.02 Å². The largest absolute Gasteiger partial charge is 0.434 e. The van der Waals surface area contributed by atoms with Crippen LogP contribution in [-0.2, 0) is 13.2 Å². The molecule has 0 unspecified atom stereocenters. The number of benzene rings is 2. The molecule has 6 rings (SSSR count). The highest BCUT2D eigenvalue weighted by Crippen LogP contribution is 2.36. The van der Waals surface area contributed by atoms with Crippen LogP contribution < -0.4 is 10.2 Å². The number of hydrogen-bond acceptors (Lipinski definition) is 6. The number of imidazole rings is 1. The van der Waals surface area contributed by atoms with Crippen molar-refractivity contribution in [3.8, 4) is 22.5 Å². The number of nitrogens with one attached hydrogen (secondary N) is 1. The van der Waals surface area contributed by atoms with E-state index in [0.29, 0.717) is 53.8 Å². The summed E-state index contributed by atoms with van der Waals surface area (Å²) >= 11 is 6.54. The molecule has 1 aliphatic rings. The van der Waals surface area contributed by atoms with Crippen LogP contribution in [0.4, 0.5) is 24.9 Å². The first-order chi connectivity index (χ1) is 19.8. The second-order valence-corrected chi connectivity index (χ2v) is 10.5. The van der Waals surface area contributed by atoms with Crippen LogP contribution in [0.15, 0.2) is 73.1 Å². The SMILES string of the molecule is Cn1cc(C(F)(F)F)nc1N1CCC(CNc2nc(-c3ccccc3-c3ccccc3Cl)nc3ncccc23)CC1. The van der Waals surface area contributed by atoms with Crippen molar-refractivity contribution in [1.29, 1.82) is 0 Å². The zero-order chi connectivity index (χ0) is 28.6. The summed E-state index contributed by atoms with van der Waals surface area (Å²) in [5, 5.41) is 4.98. The van der Waals surface area contributed by atoms with Crippen LogP contribution in [0.5, 0.6) is 0 Å². The van der Waals surface area contributed by atoms with E-state index in [0.717, 1.165) is 41.1 Å². The average Bonchev–Trinajstić information content (AvgIpc) is 3.38. The Kier molecular flexibility index (Phi) is 7.25. The molecule has 3 aromatic heterocycles. The Labute approximate surface area is 240 Å². The third kappa shape index (κ3) is 5.56. The number of aryl methyl sites for hydroxylation is 1. The smallest absolute Gasteiger partial charge is 0.369 e. The minimum absolute atomic E-state index is 0.314. The van der Waals surface area contributed by atoms with Crippen molar-refractivity contribution in [1.82, 2.24) is 24.5 Å². The highest BCUT2D eigenvalue weighted by atomic mass is 35.5. The van der Waals surface area contributed by atoms with Crippen molar-refractivity contribution in [2.24, 2.45) is 13.0 Å². The zero-order valence-corrected chi connectivity index (χ0v) is 23.0. The number of nitrogens with zero attached hydrogens (tertiary/aromatic N) is 6. The summed E-state index contributed by atoms with van der Waals surface area (Å²) in [6, 6.07) is 19.4. The molecule has 1 saturated heterocycles. The summed E-state index contributed by atoms with van der Waals surface area (Å²) in [6.07, 6.45) is -0.0887. The van der Waals surface area contributed by atoms with Gasteiger partial charge in [0, 0.05) is 55.2 Å². The predicted octanol–water partition coefficient (Wildman–Crippen LogP) is 7.09. The number of hydrogen-bond donors (Lipinski definition) is 1. The molecule has 0 radical (unpaired) electrons. The maximum atomic E-state index is 13.1. The van der Waals surface area contributed by atoms with Crippen molar-refractivity contribution in [3.63, 3.8) is 0 Å². The van der Waals surface area contributed by atoms with Crippen molar-refractivity contribution >= 4 is 34.4 Å². The van der Waals surface area contributed by atoms with Gasteiger partial charge >= 0.3 is 6.18 Å². The van der Waals surface area contributed by atoms with E-state index < -0.39 is 11.9 Å². The topological polar surface area (TPSA) is 71.8 Å². The van der Waals surface area contributed by atoms with Crippen LogP contribution in [0.3, 0.4) is 0 Å². The van der Waals surface area contributed by atoms with E-state index in [1.165, 1.54) is 4.57 Å². The number of halogens is 4. The monoisotopic (exact) mass is 577 g/mol. The minimum atomic E-state index is -4.46. The van der Waals surface area contributed by atoms with Gasteiger partial charge in [-0.3, -0.25) is 0 Å². The van der Waals surface area contributed by atoms with Crippen LogP contribution in [-0.4, -0.2) is 44.1 Å². The van der Waals surface area contributed by atoms with Gasteiger partial charge in [-0.05, 0) is 42.5 Å². The number of aromatic nitrogens is 5. The fourth-order valence-electron chi connectivity index (χ4n) is 5.28. The van der Waals surface area contributed by atoms with Crippen LogP contribution in [0, 0.1) is 5.92 Å². The third-order valence-corrected chi connectivity index (χ3v) is 7.73. The molecule has 0 spiro atoms. The number of alkyl halides is 3. The Hall–Kier alpha value is -4.18. The van der Waals surface area contributed by atoms with Crippen LogP contribution >= 0.6 is 11.6 Å². The second-order valence-electron chi connectivity index (χ2n) is 10.1. The lowest BCUT2D eigenvalue weighted by Gasteiger charge is -2.32.